The van der Waals surface area contributed by atoms with Gasteiger partial charge in [0.1, 0.15) is 0 Å². The molecule has 7 heteroatoms. The highest BCUT2D eigenvalue weighted by Crippen LogP contribution is 2.11. The summed E-state index contributed by atoms with van der Waals surface area (Å²) in [7, 11) is -3.55. The normalized spacial score (nSPS) is 19.7. The van der Waals surface area contributed by atoms with Gasteiger partial charge in [-0.2, -0.15) is 0 Å². The van der Waals surface area contributed by atoms with Crippen LogP contribution in [0.25, 0.3) is 0 Å². The largest absolute Gasteiger partial charge is 0.380 e. The van der Waals surface area contributed by atoms with Crippen LogP contribution in [0.15, 0.2) is 35.2 Å². The van der Waals surface area contributed by atoms with Gasteiger partial charge in [-0.15, -0.1) is 0 Å². The summed E-state index contributed by atoms with van der Waals surface area (Å²) in [6.07, 6.45) is 0.956. The Balaban J connectivity index is 1.86. The third-order valence-electron chi connectivity index (χ3n) is 3.69. The fourth-order valence-corrected chi connectivity index (χ4v) is 3.44. The molecule has 1 aromatic carbocycles. The zero-order chi connectivity index (χ0) is 16.0. The molecular weight excluding hydrogens is 304 g/mol. The molecule has 1 N–H and O–H groups in total. The monoisotopic (exact) mass is 326 g/mol. The number of carbonyl (C=O) groups is 1. The van der Waals surface area contributed by atoms with Crippen LogP contribution in [0.3, 0.4) is 0 Å². The number of amides is 1. The zero-order valence-electron chi connectivity index (χ0n) is 12.7. The van der Waals surface area contributed by atoms with Crippen LogP contribution in [0.2, 0.25) is 0 Å². The minimum absolute atomic E-state index is 0.0474. The highest BCUT2D eigenvalue weighted by molar-refractivity contribution is 7.89. The third kappa shape index (κ3) is 4.53. The van der Waals surface area contributed by atoms with E-state index in [1.165, 1.54) is 12.1 Å². The van der Waals surface area contributed by atoms with Crippen molar-refractivity contribution in [2.75, 3.05) is 26.3 Å². The van der Waals surface area contributed by atoms with Gasteiger partial charge < -0.3 is 9.64 Å². The number of benzene rings is 1. The van der Waals surface area contributed by atoms with E-state index in [0.717, 1.165) is 6.42 Å². The molecule has 0 radical (unpaired) electrons. The summed E-state index contributed by atoms with van der Waals surface area (Å²) in [6, 6.07) is 8.26. The first-order valence-electron chi connectivity index (χ1n) is 7.42. The van der Waals surface area contributed by atoms with Crippen molar-refractivity contribution in [1.82, 2.24) is 9.62 Å². The van der Waals surface area contributed by atoms with Crippen LogP contribution in [0.5, 0.6) is 0 Å². The number of nitrogens with zero attached hydrogens (tertiary/aromatic N) is 1. The van der Waals surface area contributed by atoms with Crippen LogP contribution in [-0.2, 0) is 19.6 Å². The Kier molecular flexibility index (Phi) is 5.93. The molecule has 1 heterocycles. The average Bonchev–Trinajstić information content (AvgIpc) is 2.72. The fraction of sp³-hybridized carbons (Fsp3) is 0.533. The topological polar surface area (TPSA) is 75.7 Å². The molecule has 0 aromatic heterocycles. The zero-order valence-corrected chi connectivity index (χ0v) is 13.5. The van der Waals surface area contributed by atoms with Gasteiger partial charge in [-0.05, 0) is 25.5 Å². The van der Waals surface area contributed by atoms with Crippen molar-refractivity contribution in [2.24, 2.45) is 0 Å². The lowest BCUT2D eigenvalue weighted by Gasteiger charge is -2.26. The van der Waals surface area contributed by atoms with Crippen LogP contribution >= 0.6 is 0 Å². The highest BCUT2D eigenvalue weighted by Gasteiger charge is 2.22. The molecule has 22 heavy (non-hydrogen) atoms. The van der Waals surface area contributed by atoms with Crippen LogP contribution in [0.4, 0.5) is 0 Å². The van der Waals surface area contributed by atoms with E-state index in [-0.39, 0.29) is 29.8 Å². The third-order valence-corrected chi connectivity index (χ3v) is 5.17. The second-order valence-electron chi connectivity index (χ2n) is 5.30. The summed E-state index contributed by atoms with van der Waals surface area (Å²) < 4.78 is 31.9. The van der Waals surface area contributed by atoms with E-state index in [1.54, 1.807) is 23.1 Å². The molecule has 1 amide bonds. The van der Waals surface area contributed by atoms with Gasteiger partial charge in [-0.1, -0.05) is 18.2 Å². The van der Waals surface area contributed by atoms with Gasteiger partial charge in [-0.3, -0.25) is 4.79 Å². The minimum Gasteiger partial charge on any atom is -0.380 e. The molecule has 0 bridgehead atoms. The van der Waals surface area contributed by atoms with Crippen LogP contribution in [0.1, 0.15) is 19.8 Å². The average molecular weight is 326 g/mol. The second kappa shape index (κ2) is 7.71. The maximum absolute atomic E-state index is 12.2. The molecule has 1 saturated heterocycles. The maximum Gasteiger partial charge on any atom is 0.240 e. The Morgan fingerprint density at radius 3 is 2.77 bits per heavy atom. The molecule has 2 rings (SSSR count). The van der Waals surface area contributed by atoms with Gasteiger partial charge in [-0.25, -0.2) is 13.1 Å². The predicted octanol–water partition coefficient (Wildman–Crippen LogP) is 0.992. The highest BCUT2D eigenvalue weighted by atomic mass is 32.2. The maximum atomic E-state index is 12.2. The standard InChI is InChI=1S/C15H22N2O4S/c1-13-8-11-21-12-10-17(13)15(18)7-9-16-22(19,20)14-5-3-2-4-6-14/h2-6,13,16H,7-12H2,1H3. The van der Waals surface area contributed by atoms with Crippen molar-refractivity contribution in [3.05, 3.63) is 30.3 Å². The van der Waals surface area contributed by atoms with E-state index < -0.39 is 10.0 Å². The first kappa shape index (κ1) is 16.9. The molecule has 0 aliphatic carbocycles. The number of hydrogen-bond donors (Lipinski definition) is 1. The summed E-state index contributed by atoms with van der Waals surface area (Å²) in [5.41, 5.74) is 0. The van der Waals surface area contributed by atoms with Gasteiger partial charge in [0, 0.05) is 32.2 Å². The van der Waals surface area contributed by atoms with Crippen molar-refractivity contribution in [3.63, 3.8) is 0 Å². The fourth-order valence-electron chi connectivity index (χ4n) is 2.38. The molecule has 1 aliphatic rings. The number of hydrogen-bond acceptors (Lipinski definition) is 4. The van der Waals surface area contributed by atoms with Crippen molar-refractivity contribution in [1.29, 1.82) is 0 Å². The molecule has 1 fully saturated rings. The summed E-state index contributed by atoms with van der Waals surface area (Å²) in [5, 5.41) is 0. The SMILES string of the molecule is CC1CCOCCN1C(=O)CCNS(=O)(=O)c1ccccc1. The summed E-state index contributed by atoms with van der Waals surface area (Å²) in [6.45, 7) is 3.84. The van der Waals surface area contributed by atoms with Gasteiger partial charge in [0.2, 0.25) is 15.9 Å². The first-order chi connectivity index (χ1) is 10.5. The summed E-state index contributed by atoms with van der Waals surface area (Å²) in [4.78, 5) is 14.2. The van der Waals surface area contributed by atoms with Crippen LogP contribution in [-0.4, -0.2) is 51.6 Å². The Morgan fingerprint density at radius 2 is 2.05 bits per heavy atom. The number of rotatable bonds is 5. The van der Waals surface area contributed by atoms with Gasteiger partial charge in [0.15, 0.2) is 0 Å². The molecule has 6 nitrogen and oxygen atoms in total. The van der Waals surface area contributed by atoms with Crippen LogP contribution < -0.4 is 4.72 Å². The van der Waals surface area contributed by atoms with E-state index in [9.17, 15) is 13.2 Å². The molecule has 1 aliphatic heterocycles. The summed E-state index contributed by atoms with van der Waals surface area (Å²) >= 11 is 0. The first-order valence-corrected chi connectivity index (χ1v) is 8.91. The lowest BCUT2D eigenvalue weighted by molar-refractivity contribution is -0.132. The van der Waals surface area contributed by atoms with E-state index in [4.69, 9.17) is 4.74 Å². The number of ether oxygens (including phenoxy) is 1. The van der Waals surface area contributed by atoms with Crippen molar-refractivity contribution in [2.45, 2.75) is 30.7 Å². The predicted molar refractivity (Wildman–Crippen MR) is 82.9 cm³/mol. The van der Waals surface area contributed by atoms with Crippen molar-refractivity contribution in [3.8, 4) is 0 Å². The Labute approximate surface area is 131 Å². The summed E-state index contributed by atoms with van der Waals surface area (Å²) in [5.74, 6) is -0.0474. The second-order valence-corrected chi connectivity index (χ2v) is 7.06. The lowest BCUT2D eigenvalue weighted by atomic mass is 10.2. The van der Waals surface area contributed by atoms with Gasteiger partial charge in [0.25, 0.3) is 0 Å². The minimum atomic E-state index is -3.55. The van der Waals surface area contributed by atoms with Crippen molar-refractivity contribution < 1.29 is 17.9 Å². The van der Waals surface area contributed by atoms with Crippen molar-refractivity contribution >= 4 is 15.9 Å². The molecular formula is C15H22N2O4S. The Hall–Kier alpha value is -1.44. The number of nitrogens with one attached hydrogen (secondary N) is 1. The van der Waals surface area contributed by atoms with Crippen LogP contribution in [0, 0.1) is 0 Å². The van der Waals surface area contributed by atoms with E-state index in [1.807, 2.05) is 6.92 Å². The molecule has 1 atom stereocenters. The molecule has 1 unspecified atom stereocenters. The Morgan fingerprint density at radius 1 is 1.32 bits per heavy atom. The van der Waals surface area contributed by atoms with Gasteiger partial charge in [0.05, 0.1) is 11.5 Å². The number of sulfonamides is 1. The quantitative estimate of drug-likeness (QED) is 0.875. The van der Waals surface area contributed by atoms with E-state index in [0.29, 0.717) is 19.8 Å². The van der Waals surface area contributed by atoms with E-state index in [2.05, 4.69) is 4.72 Å². The smallest absolute Gasteiger partial charge is 0.240 e. The van der Waals surface area contributed by atoms with Gasteiger partial charge >= 0.3 is 0 Å². The molecule has 1 aromatic rings. The number of carbonyl (C=O) groups excluding carboxylic acids is 1. The lowest BCUT2D eigenvalue weighted by Crippen LogP contribution is -2.40. The molecule has 0 saturated carbocycles. The molecule has 122 valence electrons. The molecule has 0 spiro atoms. The van der Waals surface area contributed by atoms with E-state index >= 15 is 0 Å². The Bertz CT molecular complexity index is 589.